The van der Waals surface area contributed by atoms with E-state index in [1.165, 1.54) is 0 Å². The molecule has 240 valence electrons. The quantitative estimate of drug-likeness (QED) is 0.146. The molecule has 1 aliphatic heterocycles. The zero-order valence-electron chi connectivity index (χ0n) is 26.8. The molecular formula is C38H38N4O5. The van der Waals surface area contributed by atoms with Crippen LogP contribution in [-0.4, -0.2) is 45.0 Å². The summed E-state index contributed by atoms with van der Waals surface area (Å²) in [6.45, 7) is 7.65. The molecular weight excluding hydrogens is 592 g/mol. The Morgan fingerprint density at radius 1 is 0.957 bits per heavy atom. The Balaban J connectivity index is 1.31. The summed E-state index contributed by atoms with van der Waals surface area (Å²) in [5.74, 6) is -0.972. The van der Waals surface area contributed by atoms with Crippen molar-refractivity contribution >= 4 is 22.8 Å². The standard InChI is InChI=1S/C38H38N4O5/c1-24(2)35(43)40-31-21-29-32(36(44)41-31)39-23-42(29)30-20-25(33-34(30)47-37(3,4)46-33)22-45-38(26-14-8-5-9-15-26,27-16-10-6-11-17-27)28-18-12-7-13-19-28/h5-21,23-24,30,33-34H,22H2,1-4H3,(H2,40,41,43,44)/t30-,33+,34?/m1/s1. The molecule has 47 heavy (non-hydrogen) atoms. The van der Waals surface area contributed by atoms with Gasteiger partial charge in [0.05, 0.1) is 24.5 Å². The summed E-state index contributed by atoms with van der Waals surface area (Å²) >= 11 is 0. The number of nitrogens with zero attached hydrogens (tertiary/aromatic N) is 2. The van der Waals surface area contributed by atoms with E-state index in [2.05, 4.69) is 57.8 Å². The van der Waals surface area contributed by atoms with Gasteiger partial charge in [0.15, 0.2) is 11.3 Å². The van der Waals surface area contributed by atoms with Crippen LogP contribution in [0.25, 0.3) is 11.0 Å². The highest BCUT2D eigenvalue weighted by atomic mass is 16.8. The van der Waals surface area contributed by atoms with E-state index in [-0.39, 0.29) is 35.5 Å². The minimum Gasteiger partial charge on any atom is -0.356 e. The highest BCUT2D eigenvalue weighted by molar-refractivity contribution is 5.92. The summed E-state index contributed by atoms with van der Waals surface area (Å²) < 4.78 is 22.1. The molecule has 1 saturated heterocycles. The summed E-state index contributed by atoms with van der Waals surface area (Å²) in [6.07, 6.45) is 2.96. The highest BCUT2D eigenvalue weighted by Crippen LogP contribution is 2.46. The van der Waals surface area contributed by atoms with E-state index in [9.17, 15) is 9.59 Å². The predicted molar refractivity (Wildman–Crippen MR) is 180 cm³/mol. The van der Waals surface area contributed by atoms with E-state index in [1.807, 2.05) is 73.0 Å². The van der Waals surface area contributed by atoms with Crippen molar-refractivity contribution in [2.75, 3.05) is 11.9 Å². The Morgan fingerprint density at radius 2 is 1.53 bits per heavy atom. The molecule has 9 nitrogen and oxygen atoms in total. The second kappa shape index (κ2) is 12.1. The van der Waals surface area contributed by atoms with Crippen LogP contribution in [0.4, 0.5) is 5.82 Å². The van der Waals surface area contributed by atoms with Gasteiger partial charge in [0, 0.05) is 12.0 Å². The molecule has 1 unspecified atom stereocenters. The van der Waals surface area contributed by atoms with Gasteiger partial charge in [-0.3, -0.25) is 9.59 Å². The summed E-state index contributed by atoms with van der Waals surface area (Å²) in [7, 11) is 0. The van der Waals surface area contributed by atoms with E-state index >= 15 is 0 Å². The fourth-order valence-corrected chi connectivity index (χ4v) is 6.69. The third-order valence-corrected chi connectivity index (χ3v) is 8.89. The van der Waals surface area contributed by atoms with Crippen molar-refractivity contribution in [3.63, 3.8) is 0 Å². The van der Waals surface area contributed by atoms with Gasteiger partial charge in [-0.1, -0.05) is 111 Å². The van der Waals surface area contributed by atoms with Crippen LogP contribution < -0.4 is 10.9 Å². The van der Waals surface area contributed by atoms with Crippen molar-refractivity contribution in [3.8, 4) is 0 Å². The Bertz CT molecular complexity index is 1890. The highest BCUT2D eigenvalue weighted by Gasteiger charge is 2.51. The van der Waals surface area contributed by atoms with Gasteiger partial charge in [-0.25, -0.2) is 4.98 Å². The van der Waals surface area contributed by atoms with E-state index < -0.39 is 23.6 Å². The summed E-state index contributed by atoms with van der Waals surface area (Å²) in [5.41, 5.74) is 3.50. The number of imidazole rings is 1. The lowest BCUT2D eigenvalue weighted by atomic mass is 9.80. The summed E-state index contributed by atoms with van der Waals surface area (Å²) in [6, 6.07) is 32.2. The molecule has 0 spiro atoms. The number of hydrogen-bond donors (Lipinski definition) is 2. The number of hydrogen-bond acceptors (Lipinski definition) is 6. The van der Waals surface area contributed by atoms with Crippen LogP contribution in [0.5, 0.6) is 0 Å². The fourth-order valence-electron chi connectivity index (χ4n) is 6.69. The maximum Gasteiger partial charge on any atom is 0.277 e. The van der Waals surface area contributed by atoms with Crippen molar-refractivity contribution in [2.45, 2.75) is 57.3 Å². The van der Waals surface area contributed by atoms with Gasteiger partial charge in [0.1, 0.15) is 23.6 Å². The molecule has 2 N–H and O–H groups in total. The van der Waals surface area contributed by atoms with Gasteiger partial charge >= 0.3 is 0 Å². The maximum atomic E-state index is 13.0. The van der Waals surface area contributed by atoms with Crippen molar-refractivity contribution in [1.82, 2.24) is 14.5 Å². The zero-order valence-corrected chi connectivity index (χ0v) is 26.8. The number of benzene rings is 3. The van der Waals surface area contributed by atoms with Gasteiger partial charge in [0.25, 0.3) is 5.56 Å². The zero-order chi connectivity index (χ0) is 32.8. The van der Waals surface area contributed by atoms with Crippen LogP contribution in [0.2, 0.25) is 0 Å². The number of carbonyl (C=O) groups is 1. The molecule has 2 aliphatic rings. The minimum atomic E-state index is -0.911. The van der Waals surface area contributed by atoms with E-state index in [0.717, 1.165) is 22.3 Å². The number of pyridine rings is 1. The fraction of sp³-hybridized carbons (Fsp3) is 0.289. The first kappa shape index (κ1) is 30.8. The van der Waals surface area contributed by atoms with Crippen LogP contribution in [0.1, 0.15) is 50.4 Å². The summed E-state index contributed by atoms with van der Waals surface area (Å²) in [4.78, 5) is 32.7. The first-order chi connectivity index (χ1) is 22.7. The molecule has 3 atom stereocenters. The molecule has 9 heteroatoms. The van der Waals surface area contributed by atoms with Crippen LogP contribution in [0.3, 0.4) is 0 Å². The number of H-pyrrole nitrogens is 1. The number of fused-ring (bicyclic) bond motifs is 2. The number of anilines is 1. The topological polar surface area (TPSA) is 107 Å². The summed E-state index contributed by atoms with van der Waals surface area (Å²) in [5, 5.41) is 2.81. The van der Waals surface area contributed by atoms with Gasteiger partial charge in [0.2, 0.25) is 5.91 Å². The van der Waals surface area contributed by atoms with Crippen LogP contribution in [-0.2, 0) is 24.6 Å². The van der Waals surface area contributed by atoms with Crippen LogP contribution in [0.15, 0.2) is 120 Å². The first-order valence-corrected chi connectivity index (χ1v) is 15.9. The minimum absolute atomic E-state index is 0.195. The van der Waals surface area contributed by atoms with Crippen molar-refractivity contribution in [3.05, 3.63) is 142 Å². The lowest BCUT2D eigenvalue weighted by Crippen LogP contribution is -2.35. The van der Waals surface area contributed by atoms with Crippen molar-refractivity contribution < 1.29 is 19.0 Å². The molecule has 0 radical (unpaired) electrons. The number of aromatic amines is 1. The molecule has 5 aromatic rings. The second-order valence-corrected chi connectivity index (χ2v) is 12.9. The molecule has 2 aromatic heterocycles. The predicted octanol–water partition coefficient (Wildman–Crippen LogP) is 6.33. The largest absolute Gasteiger partial charge is 0.356 e. The van der Waals surface area contributed by atoms with Gasteiger partial charge in [-0.2, -0.15) is 0 Å². The third-order valence-electron chi connectivity index (χ3n) is 8.89. The number of carbonyl (C=O) groups excluding carboxylic acids is 1. The van der Waals surface area contributed by atoms with Crippen LogP contribution in [0, 0.1) is 5.92 Å². The normalized spacial score (nSPS) is 20.4. The lowest BCUT2D eigenvalue weighted by Gasteiger charge is -2.36. The lowest BCUT2D eigenvalue weighted by molar-refractivity contribution is -0.148. The monoisotopic (exact) mass is 630 g/mol. The smallest absolute Gasteiger partial charge is 0.277 e. The molecule has 0 bridgehead atoms. The Hall–Kier alpha value is -4.83. The number of amides is 1. The number of rotatable bonds is 9. The number of aromatic nitrogens is 3. The molecule has 3 aromatic carbocycles. The molecule has 7 rings (SSSR count). The first-order valence-electron chi connectivity index (χ1n) is 15.9. The number of ether oxygens (including phenoxy) is 3. The van der Waals surface area contributed by atoms with E-state index in [4.69, 9.17) is 14.2 Å². The average molecular weight is 631 g/mol. The van der Waals surface area contributed by atoms with Crippen molar-refractivity contribution in [1.29, 1.82) is 0 Å². The SMILES string of the molecule is CC(C)C(=O)Nc1cc2c(ncn2[C@@H]2C=C(COC(c3ccccc3)(c3ccccc3)c3ccccc3)[C@@H]3OC(C)(C)OC23)c(=O)[nH]1. The van der Waals surface area contributed by atoms with Crippen molar-refractivity contribution in [2.24, 2.45) is 5.92 Å². The molecule has 1 aliphatic carbocycles. The van der Waals surface area contributed by atoms with E-state index in [0.29, 0.717) is 11.3 Å². The second-order valence-electron chi connectivity index (χ2n) is 12.9. The third kappa shape index (κ3) is 5.60. The molecule has 1 fully saturated rings. The molecule has 0 saturated carbocycles. The number of nitrogens with one attached hydrogen (secondary N) is 2. The average Bonchev–Trinajstić information content (AvgIpc) is 3.73. The van der Waals surface area contributed by atoms with Gasteiger partial charge in [-0.05, 0) is 36.1 Å². The Kier molecular flexibility index (Phi) is 7.91. The molecule has 1 amide bonds. The van der Waals surface area contributed by atoms with E-state index in [1.54, 1.807) is 26.2 Å². The molecule has 3 heterocycles. The Labute approximate surface area is 273 Å². The van der Waals surface area contributed by atoms with Gasteiger partial charge in [-0.15, -0.1) is 0 Å². The Morgan fingerprint density at radius 3 is 2.09 bits per heavy atom. The van der Waals surface area contributed by atoms with Gasteiger partial charge < -0.3 is 29.1 Å². The maximum absolute atomic E-state index is 13.0. The van der Waals surface area contributed by atoms with Crippen LogP contribution >= 0.6 is 0 Å².